The molecule has 0 radical (unpaired) electrons. The number of nitrogens with two attached hydrogens (primary N) is 2. The fourth-order valence-corrected chi connectivity index (χ4v) is 6.51. The van der Waals surface area contributed by atoms with Crippen LogP contribution in [0.2, 0.25) is 0 Å². The maximum atomic E-state index is 13.0. The second kappa shape index (κ2) is 28.2. The average Bonchev–Trinajstić information content (AvgIpc) is 3.17. The van der Waals surface area contributed by atoms with E-state index in [0.29, 0.717) is 31.2 Å². The van der Waals surface area contributed by atoms with Crippen molar-refractivity contribution in [3.05, 3.63) is 71.8 Å². The predicted octanol–water partition coefficient (Wildman–Crippen LogP) is 4.12. The van der Waals surface area contributed by atoms with Gasteiger partial charge in [-0.2, -0.15) is 0 Å². The molecule has 0 saturated heterocycles. The monoisotopic (exact) mass is 792 g/mol. The lowest BCUT2D eigenvalue weighted by Crippen LogP contribution is -2.53. The SMILES string of the molecule is CCC[C@H](NC(=O)CCCCCCCCCCCCCCC(=O)N[C@@H](CC(N)=O)C(=O)N[C@@H](Cc1ccccc1)C(=O)O)C(=O)N[C@@H](Cc1ccccc1)C(N)=O. The molecule has 0 aliphatic heterocycles. The Bertz CT molecular complexity index is 1540. The first kappa shape index (κ1) is 47.9. The van der Waals surface area contributed by atoms with E-state index in [2.05, 4.69) is 21.3 Å². The van der Waals surface area contributed by atoms with Crippen LogP contribution in [-0.4, -0.2) is 70.7 Å². The van der Waals surface area contributed by atoms with Crippen LogP contribution >= 0.6 is 0 Å². The molecule has 2 aromatic rings. The first-order valence-corrected chi connectivity index (χ1v) is 20.5. The Kier molecular flexibility index (Phi) is 23.7. The van der Waals surface area contributed by atoms with Crippen molar-refractivity contribution in [2.75, 3.05) is 0 Å². The van der Waals surface area contributed by atoms with Gasteiger partial charge in [0, 0.05) is 25.7 Å². The third-order valence-corrected chi connectivity index (χ3v) is 9.68. The van der Waals surface area contributed by atoms with E-state index in [9.17, 15) is 38.7 Å². The Labute approximate surface area is 337 Å². The number of nitrogens with one attached hydrogen (secondary N) is 4. The van der Waals surface area contributed by atoms with Crippen LogP contribution < -0.4 is 32.7 Å². The predicted molar refractivity (Wildman–Crippen MR) is 218 cm³/mol. The van der Waals surface area contributed by atoms with Crippen LogP contribution in [0.3, 0.4) is 0 Å². The largest absolute Gasteiger partial charge is 0.480 e. The van der Waals surface area contributed by atoms with Crippen LogP contribution in [0, 0.1) is 0 Å². The van der Waals surface area contributed by atoms with Crippen LogP contribution in [0.25, 0.3) is 0 Å². The number of hydrogen-bond acceptors (Lipinski definition) is 7. The molecule has 0 saturated carbocycles. The van der Waals surface area contributed by atoms with Crippen LogP contribution in [0.15, 0.2) is 60.7 Å². The van der Waals surface area contributed by atoms with Crippen molar-refractivity contribution in [3.8, 4) is 0 Å². The molecular weight excluding hydrogens is 729 g/mol. The molecule has 0 bridgehead atoms. The molecule has 2 aromatic carbocycles. The van der Waals surface area contributed by atoms with Crippen molar-refractivity contribution in [2.24, 2.45) is 11.5 Å². The number of hydrogen-bond donors (Lipinski definition) is 7. The fraction of sp³-hybridized carbons (Fsp3) is 0.558. The van der Waals surface area contributed by atoms with Crippen LogP contribution in [0.4, 0.5) is 0 Å². The molecule has 0 spiro atoms. The molecule has 14 heteroatoms. The first-order chi connectivity index (χ1) is 27.4. The summed E-state index contributed by atoms with van der Waals surface area (Å²) in [6.45, 7) is 1.93. The van der Waals surface area contributed by atoms with Crippen molar-refractivity contribution in [3.63, 3.8) is 0 Å². The number of amides is 6. The van der Waals surface area contributed by atoms with Crippen molar-refractivity contribution in [2.45, 2.75) is 153 Å². The maximum absolute atomic E-state index is 13.0. The molecule has 6 amide bonds. The van der Waals surface area contributed by atoms with Gasteiger partial charge in [-0.15, -0.1) is 0 Å². The highest BCUT2D eigenvalue weighted by Crippen LogP contribution is 2.14. The van der Waals surface area contributed by atoms with Gasteiger partial charge in [0.15, 0.2) is 0 Å². The number of carbonyl (C=O) groups excluding carboxylic acids is 6. The summed E-state index contributed by atoms with van der Waals surface area (Å²) in [7, 11) is 0. The molecule has 0 fully saturated rings. The zero-order valence-electron chi connectivity index (χ0n) is 33.5. The van der Waals surface area contributed by atoms with E-state index in [1.807, 2.05) is 37.3 Å². The van der Waals surface area contributed by atoms with Gasteiger partial charge in [-0.1, -0.05) is 138 Å². The Balaban J connectivity index is 1.54. The number of unbranched alkanes of at least 4 members (excludes halogenated alkanes) is 11. The van der Waals surface area contributed by atoms with Crippen molar-refractivity contribution < 1.29 is 38.7 Å². The summed E-state index contributed by atoms with van der Waals surface area (Å²) in [5.74, 6) is -4.40. The summed E-state index contributed by atoms with van der Waals surface area (Å²) in [4.78, 5) is 86.4. The second-order valence-corrected chi connectivity index (χ2v) is 14.7. The van der Waals surface area contributed by atoms with E-state index in [0.717, 1.165) is 76.2 Å². The third-order valence-electron chi connectivity index (χ3n) is 9.68. The number of benzene rings is 2. The highest BCUT2D eigenvalue weighted by molar-refractivity contribution is 5.94. The van der Waals surface area contributed by atoms with Gasteiger partial charge >= 0.3 is 5.97 Å². The Morgan fingerprint density at radius 1 is 0.526 bits per heavy atom. The van der Waals surface area contributed by atoms with E-state index in [-0.39, 0.29) is 25.2 Å². The number of primary amides is 2. The molecule has 2 rings (SSSR count). The smallest absolute Gasteiger partial charge is 0.326 e. The number of carbonyl (C=O) groups is 7. The quantitative estimate of drug-likeness (QED) is 0.0547. The van der Waals surface area contributed by atoms with Crippen molar-refractivity contribution in [1.29, 1.82) is 0 Å². The van der Waals surface area contributed by atoms with E-state index in [1.165, 1.54) is 0 Å². The van der Waals surface area contributed by atoms with E-state index in [4.69, 9.17) is 11.5 Å². The first-order valence-electron chi connectivity index (χ1n) is 20.5. The molecule has 9 N–H and O–H groups in total. The van der Waals surface area contributed by atoms with Gasteiger partial charge in [0.25, 0.3) is 0 Å². The van der Waals surface area contributed by atoms with Gasteiger partial charge in [0.1, 0.15) is 24.2 Å². The minimum Gasteiger partial charge on any atom is -0.480 e. The van der Waals surface area contributed by atoms with Crippen LogP contribution in [0.1, 0.15) is 127 Å². The topological polar surface area (TPSA) is 240 Å². The molecule has 0 aliphatic carbocycles. The minimum absolute atomic E-state index is 0.0472. The maximum Gasteiger partial charge on any atom is 0.326 e. The van der Waals surface area contributed by atoms with E-state index in [1.54, 1.807) is 30.3 Å². The third kappa shape index (κ3) is 21.6. The Morgan fingerprint density at radius 3 is 1.32 bits per heavy atom. The normalized spacial score (nSPS) is 13.0. The summed E-state index contributed by atoms with van der Waals surface area (Å²) in [5, 5.41) is 20.1. The molecule has 0 aliphatic rings. The molecule has 0 unspecified atom stereocenters. The molecule has 4 atom stereocenters. The van der Waals surface area contributed by atoms with Gasteiger partial charge in [-0.25, -0.2) is 4.79 Å². The second-order valence-electron chi connectivity index (χ2n) is 14.7. The summed E-state index contributed by atoms with van der Waals surface area (Å²) in [5.41, 5.74) is 12.4. The molecule has 0 heterocycles. The lowest BCUT2D eigenvalue weighted by Gasteiger charge is -2.22. The summed E-state index contributed by atoms with van der Waals surface area (Å²) in [6, 6.07) is 14.0. The molecule has 14 nitrogen and oxygen atoms in total. The molecule has 57 heavy (non-hydrogen) atoms. The minimum atomic E-state index is -1.26. The fourth-order valence-electron chi connectivity index (χ4n) is 6.51. The zero-order valence-corrected chi connectivity index (χ0v) is 33.5. The highest BCUT2D eigenvalue weighted by atomic mass is 16.4. The summed E-state index contributed by atoms with van der Waals surface area (Å²) >= 11 is 0. The lowest BCUT2D eigenvalue weighted by molar-refractivity contribution is -0.142. The van der Waals surface area contributed by atoms with E-state index < -0.39 is 66.1 Å². The van der Waals surface area contributed by atoms with E-state index >= 15 is 0 Å². The summed E-state index contributed by atoms with van der Waals surface area (Å²) < 4.78 is 0. The van der Waals surface area contributed by atoms with Crippen molar-refractivity contribution >= 4 is 41.4 Å². The van der Waals surface area contributed by atoms with Crippen molar-refractivity contribution in [1.82, 2.24) is 21.3 Å². The Hall–Kier alpha value is -5.27. The van der Waals surface area contributed by atoms with Crippen LogP contribution in [0.5, 0.6) is 0 Å². The standard InChI is InChI=1S/C43H64N6O8/c1-2-21-33(41(54)48-34(40(45)53)28-31-22-15-13-16-23-31)46-38(51)26-19-11-9-7-5-3-4-6-8-10-12-20-27-39(52)47-35(30-37(44)50)42(55)49-36(43(56)57)29-32-24-17-14-18-25-32/h13-18,22-25,33-36H,2-12,19-21,26-30H2,1H3,(H2,44,50)(H2,45,53)(H,46,51)(H,47,52)(H,48,54)(H,49,55)(H,56,57)/t33-,34-,35-,36-/m0/s1. The summed E-state index contributed by atoms with van der Waals surface area (Å²) in [6.07, 6.45) is 13.3. The van der Waals surface area contributed by atoms with Gasteiger partial charge in [0.2, 0.25) is 35.4 Å². The van der Waals surface area contributed by atoms with Gasteiger partial charge < -0.3 is 37.8 Å². The van der Waals surface area contributed by atoms with Crippen LogP contribution in [-0.2, 0) is 46.4 Å². The number of carboxylic acids is 1. The van der Waals surface area contributed by atoms with Gasteiger partial charge in [-0.05, 0) is 30.4 Å². The van der Waals surface area contributed by atoms with Gasteiger partial charge in [-0.3, -0.25) is 28.8 Å². The molecule has 0 aromatic heterocycles. The average molecular weight is 793 g/mol. The number of aliphatic carboxylic acids is 1. The highest BCUT2D eigenvalue weighted by Gasteiger charge is 2.28. The Morgan fingerprint density at radius 2 is 0.912 bits per heavy atom. The lowest BCUT2D eigenvalue weighted by atomic mass is 10.0. The number of carboxylic acid groups (broad SMARTS) is 1. The number of rotatable bonds is 31. The molecule has 314 valence electrons. The molecular formula is C43H64N6O8. The zero-order chi connectivity index (χ0) is 41.8. The van der Waals surface area contributed by atoms with Gasteiger partial charge in [0.05, 0.1) is 6.42 Å².